The van der Waals surface area contributed by atoms with E-state index in [1.807, 2.05) is 45.0 Å². The Morgan fingerprint density at radius 1 is 1.03 bits per heavy atom. The van der Waals surface area contributed by atoms with E-state index in [-0.39, 0.29) is 19.7 Å². The molecule has 0 bridgehead atoms. The average Bonchev–Trinajstić information content (AvgIpc) is 2.61. The molecular weight excluding hydrogens is 392 g/mol. The van der Waals surface area contributed by atoms with Crippen molar-refractivity contribution >= 4 is 21.6 Å². The Kier molecular flexibility index (Phi) is 7.50. The van der Waals surface area contributed by atoms with E-state index in [1.54, 1.807) is 12.1 Å². The van der Waals surface area contributed by atoms with Crippen molar-refractivity contribution in [2.45, 2.75) is 20.8 Å². The normalized spacial score (nSPS) is 11.1. The van der Waals surface area contributed by atoms with Crippen LogP contribution in [0.25, 0.3) is 0 Å². The molecule has 0 aliphatic rings. The summed E-state index contributed by atoms with van der Waals surface area (Å²) in [5.74, 6) is 0.689. The third-order valence-electron chi connectivity index (χ3n) is 4.18. The second-order valence-corrected chi connectivity index (χ2v) is 8.87. The van der Waals surface area contributed by atoms with E-state index in [4.69, 9.17) is 9.47 Å². The molecule has 7 nitrogen and oxygen atoms in total. The summed E-state index contributed by atoms with van der Waals surface area (Å²) in [5.41, 5.74) is 3.38. The number of aryl methyl sites for hydroxylation is 3. The minimum atomic E-state index is -3.68. The monoisotopic (exact) mass is 420 g/mol. The van der Waals surface area contributed by atoms with Crippen molar-refractivity contribution in [3.63, 3.8) is 0 Å². The van der Waals surface area contributed by atoms with E-state index in [1.165, 1.54) is 7.11 Å². The average molecular weight is 421 g/mol. The number of hydrogen-bond donors (Lipinski definition) is 1. The molecule has 8 heteroatoms. The third kappa shape index (κ3) is 6.67. The molecule has 0 fully saturated rings. The van der Waals surface area contributed by atoms with Crippen molar-refractivity contribution in [2.24, 2.45) is 0 Å². The highest BCUT2D eigenvalue weighted by Gasteiger charge is 2.24. The lowest BCUT2D eigenvalue weighted by Crippen LogP contribution is -2.41. The lowest BCUT2D eigenvalue weighted by atomic mass is 10.1. The first-order valence-corrected chi connectivity index (χ1v) is 11.0. The summed E-state index contributed by atoms with van der Waals surface area (Å²) in [7, 11) is -2.23. The Bertz CT molecular complexity index is 953. The van der Waals surface area contributed by atoms with Crippen LogP contribution in [0, 0.1) is 20.8 Å². The second-order valence-electron chi connectivity index (χ2n) is 6.97. The quantitative estimate of drug-likeness (QED) is 0.631. The van der Waals surface area contributed by atoms with E-state index in [0.717, 1.165) is 33.0 Å². The van der Waals surface area contributed by atoms with Crippen molar-refractivity contribution in [3.05, 3.63) is 53.1 Å². The van der Waals surface area contributed by atoms with Gasteiger partial charge in [-0.05, 0) is 61.7 Å². The molecule has 0 atom stereocenters. The number of hydrogen-bond acceptors (Lipinski definition) is 5. The van der Waals surface area contributed by atoms with Crippen LogP contribution in [0.5, 0.6) is 11.5 Å². The predicted molar refractivity (Wildman–Crippen MR) is 114 cm³/mol. The molecule has 0 unspecified atom stereocenters. The molecule has 0 radical (unpaired) electrons. The highest BCUT2D eigenvalue weighted by atomic mass is 32.2. The van der Waals surface area contributed by atoms with Crippen molar-refractivity contribution in [1.82, 2.24) is 5.32 Å². The highest BCUT2D eigenvalue weighted by Crippen LogP contribution is 2.30. The number of amides is 1. The Balaban J connectivity index is 2.00. The number of carbonyl (C=O) groups excluding carboxylic acids is 1. The second kappa shape index (κ2) is 9.65. The van der Waals surface area contributed by atoms with Gasteiger partial charge in [-0.3, -0.25) is 9.10 Å². The molecule has 0 heterocycles. The van der Waals surface area contributed by atoms with Gasteiger partial charge in [-0.1, -0.05) is 12.1 Å². The van der Waals surface area contributed by atoms with Crippen LogP contribution in [0.15, 0.2) is 36.4 Å². The van der Waals surface area contributed by atoms with Gasteiger partial charge >= 0.3 is 0 Å². The molecular formula is C21H28N2O5S. The SMILES string of the molecule is COc1ccc(C)cc1N(CC(=O)NCCOc1cc(C)cc(C)c1)S(C)(=O)=O. The maximum absolute atomic E-state index is 12.4. The molecule has 158 valence electrons. The van der Waals surface area contributed by atoms with Crippen LogP contribution in [0.1, 0.15) is 16.7 Å². The van der Waals surface area contributed by atoms with Crippen LogP contribution in [0.2, 0.25) is 0 Å². The van der Waals surface area contributed by atoms with Gasteiger partial charge in [0.25, 0.3) is 0 Å². The standard InChI is InChI=1S/C21H28N2O5S/c1-15-6-7-20(27-4)19(13-15)23(29(5,25)26)14-21(24)22-8-9-28-18-11-16(2)10-17(3)12-18/h6-7,10-13H,8-9,14H2,1-5H3,(H,22,24). The van der Waals surface area contributed by atoms with Gasteiger partial charge in [-0.25, -0.2) is 8.42 Å². The van der Waals surface area contributed by atoms with Gasteiger partial charge in [0.2, 0.25) is 15.9 Å². The van der Waals surface area contributed by atoms with Gasteiger partial charge in [-0.2, -0.15) is 0 Å². The minimum absolute atomic E-state index is 0.258. The van der Waals surface area contributed by atoms with Crippen molar-refractivity contribution in [1.29, 1.82) is 0 Å². The number of rotatable bonds is 9. The first-order valence-electron chi connectivity index (χ1n) is 9.20. The Labute approximate surface area is 172 Å². The summed E-state index contributed by atoms with van der Waals surface area (Å²) in [6.45, 7) is 6.01. The van der Waals surface area contributed by atoms with E-state index < -0.39 is 15.9 Å². The van der Waals surface area contributed by atoms with Crippen LogP contribution >= 0.6 is 0 Å². The number of benzene rings is 2. The van der Waals surface area contributed by atoms with Crippen molar-refractivity contribution < 1.29 is 22.7 Å². The fourth-order valence-corrected chi connectivity index (χ4v) is 3.79. The molecule has 0 saturated carbocycles. The molecule has 1 amide bonds. The van der Waals surface area contributed by atoms with Gasteiger partial charge in [0, 0.05) is 0 Å². The van der Waals surface area contributed by atoms with E-state index >= 15 is 0 Å². The van der Waals surface area contributed by atoms with E-state index in [9.17, 15) is 13.2 Å². The number of ether oxygens (including phenoxy) is 2. The number of anilines is 1. The number of nitrogens with zero attached hydrogens (tertiary/aromatic N) is 1. The van der Waals surface area contributed by atoms with Crippen LogP contribution in [0.3, 0.4) is 0 Å². The first kappa shape index (κ1) is 22.5. The molecule has 0 aliphatic heterocycles. The van der Waals surface area contributed by atoms with Gasteiger partial charge in [0.05, 0.1) is 25.6 Å². The zero-order valence-electron chi connectivity index (χ0n) is 17.5. The summed E-state index contributed by atoms with van der Waals surface area (Å²) in [4.78, 5) is 12.4. The first-order chi connectivity index (χ1) is 13.6. The molecule has 1 N–H and O–H groups in total. The van der Waals surface area contributed by atoms with E-state index in [2.05, 4.69) is 5.32 Å². The molecule has 0 saturated heterocycles. The largest absolute Gasteiger partial charge is 0.495 e. The van der Waals surface area contributed by atoms with Crippen LogP contribution in [-0.4, -0.2) is 47.4 Å². The summed E-state index contributed by atoms with van der Waals surface area (Å²) in [6, 6.07) is 11.1. The van der Waals surface area contributed by atoms with Crippen LogP contribution < -0.4 is 19.1 Å². The smallest absolute Gasteiger partial charge is 0.240 e. The summed E-state index contributed by atoms with van der Waals surface area (Å²) in [6.07, 6.45) is 1.06. The summed E-state index contributed by atoms with van der Waals surface area (Å²) >= 11 is 0. The fraction of sp³-hybridized carbons (Fsp3) is 0.381. The van der Waals surface area contributed by atoms with Gasteiger partial charge in [0.15, 0.2) is 0 Å². The molecule has 2 aromatic rings. The van der Waals surface area contributed by atoms with Gasteiger partial charge in [-0.15, -0.1) is 0 Å². The topological polar surface area (TPSA) is 84.9 Å². The minimum Gasteiger partial charge on any atom is -0.495 e. The summed E-state index contributed by atoms with van der Waals surface area (Å²) in [5, 5.41) is 2.70. The molecule has 29 heavy (non-hydrogen) atoms. The lowest BCUT2D eigenvalue weighted by molar-refractivity contribution is -0.119. The zero-order valence-corrected chi connectivity index (χ0v) is 18.3. The summed E-state index contributed by atoms with van der Waals surface area (Å²) < 4.78 is 36.6. The molecule has 0 aromatic heterocycles. The van der Waals surface area contributed by atoms with E-state index in [0.29, 0.717) is 11.4 Å². The maximum Gasteiger partial charge on any atom is 0.240 e. The van der Waals surface area contributed by atoms with Crippen molar-refractivity contribution in [3.8, 4) is 11.5 Å². The lowest BCUT2D eigenvalue weighted by Gasteiger charge is -2.24. The predicted octanol–water partition coefficient (Wildman–Crippen LogP) is 2.58. The number of methoxy groups -OCH3 is 1. The zero-order chi connectivity index (χ0) is 21.6. The van der Waals surface area contributed by atoms with Crippen LogP contribution in [0.4, 0.5) is 5.69 Å². The molecule has 2 aromatic carbocycles. The highest BCUT2D eigenvalue weighted by molar-refractivity contribution is 7.92. The Morgan fingerprint density at radius 2 is 1.69 bits per heavy atom. The number of nitrogens with one attached hydrogen (secondary N) is 1. The maximum atomic E-state index is 12.4. The number of carbonyl (C=O) groups is 1. The molecule has 2 rings (SSSR count). The number of sulfonamides is 1. The Hall–Kier alpha value is -2.74. The van der Waals surface area contributed by atoms with Crippen LogP contribution in [-0.2, 0) is 14.8 Å². The Morgan fingerprint density at radius 3 is 2.28 bits per heavy atom. The molecule has 0 aliphatic carbocycles. The van der Waals surface area contributed by atoms with Gasteiger partial charge < -0.3 is 14.8 Å². The van der Waals surface area contributed by atoms with Gasteiger partial charge in [0.1, 0.15) is 24.7 Å². The molecule has 0 spiro atoms. The fourth-order valence-electron chi connectivity index (χ4n) is 2.94. The van der Waals surface area contributed by atoms with Crippen molar-refractivity contribution in [2.75, 3.05) is 37.4 Å². The third-order valence-corrected chi connectivity index (χ3v) is 5.31.